The van der Waals surface area contributed by atoms with Crippen LogP contribution in [0.2, 0.25) is 5.02 Å². The smallest absolute Gasteiger partial charge is 0.376 e. The van der Waals surface area contributed by atoms with Gasteiger partial charge in [-0.15, -0.1) is 0 Å². The van der Waals surface area contributed by atoms with Gasteiger partial charge in [0.15, 0.2) is 0 Å². The van der Waals surface area contributed by atoms with Gasteiger partial charge in [0.1, 0.15) is 5.76 Å². The highest BCUT2D eigenvalue weighted by Crippen LogP contribution is 2.29. The number of aromatic nitrogens is 1. The minimum absolute atomic E-state index is 0.351. The summed E-state index contributed by atoms with van der Waals surface area (Å²) in [5.74, 6) is -3.23. The second-order valence-corrected chi connectivity index (χ2v) is 6.45. The molecular weight excluding hydrogens is 354 g/mol. The Balaban J connectivity index is 2.09. The first kappa shape index (κ1) is 17.8. The Morgan fingerprint density at radius 1 is 1.12 bits per heavy atom. The van der Waals surface area contributed by atoms with Gasteiger partial charge in [0.25, 0.3) is 5.78 Å². The molecule has 0 saturated carbocycles. The molecule has 5 nitrogen and oxygen atoms in total. The third-order valence-corrected chi connectivity index (χ3v) is 4.31. The zero-order valence-electron chi connectivity index (χ0n) is 13.9. The fraction of sp³-hybridized carbons (Fsp3) is 0.100. The molecule has 0 aliphatic heterocycles. The first-order valence-corrected chi connectivity index (χ1v) is 8.25. The van der Waals surface area contributed by atoms with Gasteiger partial charge in [-0.3, -0.25) is 4.79 Å². The number of aryl methyl sites for hydroxylation is 1. The Morgan fingerprint density at radius 2 is 1.81 bits per heavy atom. The Kier molecular flexibility index (Phi) is 4.82. The zero-order chi connectivity index (χ0) is 18.8. The number of halogens is 1. The number of hydrogen-bond acceptors (Lipinski definition) is 3. The molecule has 0 unspecified atom stereocenters. The molecule has 0 fully saturated rings. The third kappa shape index (κ3) is 3.63. The van der Waals surface area contributed by atoms with Gasteiger partial charge in [0.2, 0.25) is 0 Å². The van der Waals surface area contributed by atoms with E-state index in [4.69, 9.17) is 16.7 Å². The fourth-order valence-electron chi connectivity index (χ4n) is 2.76. The molecule has 0 aliphatic carbocycles. The summed E-state index contributed by atoms with van der Waals surface area (Å²) < 4.78 is 1.92. The lowest BCUT2D eigenvalue weighted by atomic mass is 10.1. The summed E-state index contributed by atoms with van der Waals surface area (Å²) in [6.07, 6.45) is 2.38. The van der Waals surface area contributed by atoms with E-state index in [-0.39, 0.29) is 0 Å². The third-order valence-electron chi connectivity index (χ3n) is 4.07. The van der Waals surface area contributed by atoms with Crippen LogP contribution in [0.25, 0.3) is 16.7 Å². The van der Waals surface area contributed by atoms with Crippen molar-refractivity contribution in [3.63, 3.8) is 0 Å². The van der Waals surface area contributed by atoms with Crippen molar-refractivity contribution in [3.8, 4) is 0 Å². The maximum Gasteiger partial charge on any atom is 0.376 e. The van der Waals surface area contributed by atoms with Crippen LogP contribution in [0, 0.1) is 6.92 Å². The number of ketones is 1. The number of carbonyl (C=O) groups is 2. The van der Waals surface area contributed by atoms with Crippen molar-refractivity contribution in [2.24, 2.45) is 0 Å². The summed E-state index contributed by atoms with van der Waals surface area (Å²) >= 11 is 6.07. The minimum atomic E-state index is -1.63. The number of carboxylic acid groups (broad SMARTS) is 1. The maximum atomic E-state index is 11.4. The predicted molar refractivity (Wildman–Crippen MR) is 100 cm³/mol. The highest BCUT2D eigenvalue weighted by Gasteiger charge is 2.16. The summed E-state index contributed by atoms with van der Waals surface area (Å²) in [5, 5.41) is 20.1. The molecule has 1 heterocycles. The van der Waals surface area contributed by atoms with E-state index in [0.717, 1.165) is 16.6 Å². The Hall–Kier alpha value is -3.05. The van der Waals surface area contributed by atoms with E-state index in [1.165, 1.54) is 0 Å². The summed E-state index contributed by atoms with van der Waals surface area (Å²) in [6, 6.07) is 13.3. The molecule has 2 N–H and O–H groups in total. The summed E-state index contributed by atoms with van der Waals surface area (Å²) in [7, 11) is 0. The molecule has 0 atom stereocenters. The van der Waals surface area contributed by atoms with Crippen LogP contribution in [0.1, 0.15) is 16.7 Å². The van der Waals surface area contributed by atoms with E-state index >= 15 is 0 Å². The lowest BCUT2D eigenvalue weighted by Crippen LogP contribution is -2.09. The van der Waals surface area contributed by atoms with Gasteiger partial charge in [-0.25, -0.2) is 4.79 Å². The Labute approximate surface area is 154 Å². The van der Waals surface area contributed by atoms with Crippen molar-refractivity contribution >= 4 is 40.0 Å². The van der Waals surface area contributed by atoms with Crippen LogP contribution >= 0.6 is 11.6 Å². The van der Waals surface area contributed by atoms with Crippen molar-refractivity contribution < 1.29 is 19.8 Å². The normalized spacial score (nSPS) is 11.7. The molecular formula is C20H16ClNO4. The average Bonchev–Trinajstić information content (AvgIpc) is 2.94. The van der Waals surface area contributed by atoms with Gasteiger partial charge in [-0.05, 0) is 30.7 Å². The second kappa shape index (κ2) is 7.06. The first-order chi connectivity index (χ1) is 12.3. The monoisotopic (exact) mass is 369 g/mol. The van der Waals surface area contributed by atoms with Crippen LogP contribution in [0.4, 0.5) is 0 Å². The SMILES string of the molecule is Cc1ccc(Cn2cc(C(O)=CC(=O)C(=O)O)c3cc(Cl)ccc32)cc1. The molecule has 0 saturated heterocycles. The van der Waals surface area contributed by atoms with E-state index in [1.807, 2.05) is 41.8 Å². The van der Waals surface area contributed by atoms with Crippen LogP contribution in [-0.2, 0) is 16.1 Å². The number of nitrogens with zero attached hydrogens (tertiary/aromatic N) is 1. The van der Waals surface area contributed by atoms with Crippen LogP contribution < -0.4 is 0 Å². The van der Waals surface area contributed by atoms with Crippen molar-refractivity contribution in [1.29, 1.82) is 0 Å². The lowest BCUT2D eigenvalue weighted by molar-refractivity contribution is -0.146. The Bertz CT molecular complexity index is 1030. The quantitative estimate of drug-likeness (QED) is 0.401. The van der Waals surface area contributed by atoms with Crippen molar-refractivity contribution in [1.82, 2.24) is 4.57 Å². The van der Waals surface area contributed by atoms with Gasteiger partial charge in [-0.1, -0.05) is 41.4 Å². The molecule has 0 bridgehead atoms. The molecule has 26 heavy (non-hydrogen) atoms. The summed E-state index contributed by atoms with van der Waals surface area (Å²) in [5.41, 5.74) is 3.39. The van der Waals surface area contributed by atoms with Crippen LogP contribution in [-0.4, -0.2) is 26.5 Å². The predicted octanol–water partition coefficient (Wildman–Crippen LogP) is 4.20. The summed E-state index contributed by atoms with van der Waals surface area (Å²) in [6.45, 7) is 2.57. The van der Waals surface area contributed by atoms with Crippen molar-refractivity contribution in [3.05, 3.63) is 76.5 Å². The topological polar surface area (TPSA) is 79.5 Å². The standard InChI is InChI=1S/C20H16ClNO4/c1-12-2-4-13(5-3-12)10-22-11-16(18(23)9-19(24)20(25)26)15-8-14(21)6-7-17(15)22/h2-9,11,23H,10H2,1H3,(H,25,26). The molecule has 1 aromatic heterocycles. The number of benzene rings is 2. The van der Waals surface area contributed by atoms with E-state index in [2.05, 4.69) is 0 Å². The number of hydrogen-bond donors (Lipinski definition) is 2. The van der Waals surface area contributed by atoms with E-state index in [0.29, 0.717) is 28.6 Å². The molecule has 6 heteroatoms. The largest absolute Gasteiger partial charge is 0.507 e. The van der Waals surface area contributed by atoms with Crippen molar-refractivity contribution in [2.45, 2.75) is 13.5 Å². The maximum absolute atomic E-state index is 11.4. The number of carbonyl (C=O) groups excluding carboxylic acids is 1. The number of aliphatic carboxylic acids is 1. The van der Waals surface area contributed by atoms with E-state index in [9.17, 15) is 14.7 Å². The summed E-state index contributed by atoms with van der Waals surface area (Å²) in [4.78, 5) is 22.1. The molecule has 0 radical (unpaired) electrons. The molecule has 2 aromatic carbocycles. The molecule has 0 spiro atoms. The fourth-order valence-corrected chi connectivity index (χ4v) is 2.93. The lowest BCUT2D eigenvalue weighted by Gasteiger charge is -2.06. The van der Waals surface area contributed by atoms with Crippen molar-refractivity contribution in [2.75, 3.05) is 0 Å². The molecule has 132 valence electrons. The Morgan fingerprint density at radius 3 is 2.46 bits per heavy atom. The van der Waals surface area contributed by atoms with Crippen LogP contribution in [0.15, 0.2) is 54.7 Å². The average molecular weight is 370 g/mol. The van der Waals surface area contributed by atoms with Gasteiger partial charge >= 0.3 is 5.97 Å². The zero-order valence-corrected chi connectivity index (χ0v) is 14.7. The molecule has 3 rings (SSSR count). The van der Waals surface area contributed by atoms with Gasteiger partial charge in [0.05, 0.1) is 0 Å². The van der Waals surface area contributed by atoms with Gasteiger partial charge < -0.3 is 14.8 Å². The number of aliphatic hydroxyl groups excluding tert-OH is 1. The molecule has 0 aliphatic rings. The highest BCUT2D eigenvalue weighted by molar-refractivity contribution is 6.38. The number of aliphatic hydroxyl groups is 1. The van der Waals surface area contributed by atoms with Crippen LogP contribution in [0.3, 0.4) is 0 Å². The van der Waals surface area contributed by atoms with Crippen LogP contribution in [0.5, 0.6) is 0 Å². The highest BCUT2D eigenvalue weighted by atomic mass is 35.5. The van der Waals surface area contributed by atoms with E-state index in [1.54, 1.807) is 18.3 Å². The number of fused-ring (bicyclic) bond motifs is 1. The second-order valence-electron chi connectivity index (χ2n) is 6.02. The molecule has 3 aromatic rings. The molecule has 0 amide bonds. The first-order valence-electron chi connectivity index (χ1n) is 7.87. The number of rotatable bonds is 5. The van der Waals surface area contributed by atoms with Gasteiger partial charge in [0, 0.05) is 40.3 Å². The number of carboxylic acids is 1. The minimum Gasteiger partial charge on any atom is -0.507 e. The van der Waals surface area contributed by atoms with Gasteiger partial charge in [-0.2, -0.15) is 0 Å². The van der Waals surface area contributed by atoms with E-state index < -0.39 is 17.5 Å².